The highest BCUT2D eigenvalue weighted by Crippen LogP contribution is 2.23. The van der Waals surface area contributed by atoms with Gasteiger partial charge >= 0.3 is 6.09 Å². The van der Waals surface area contributed by atoms with Crippen LogP contribution in [0.15, 0.2) is 47.6 Å². The molecule has 0 saturated heterocycles. The van der Waals surface area contributed by atoms with Gasteiger partial charge in [0.15, 0.2) is 0 Å². The molecule has 1 aliphatic carbocycles. The Labute approximate surface area is 128 Å². The van der Waals surface area contributed by atoms with Crippen LogP contribution in [0, 0.1) is 0 Å². The molecule has 1 aromatic carbocycles. The first-order valence-electron chi connectivity index (χ1n) is 7.13. The molecule has 0 atom stereocenters. The number of hydrogen-bond donors (Lipinski definition) is 1. The average Bonchev–Trinajstić information content (AvgIpc) is 3.36. The van der Waals surface area contributed by atoms with Crippen LogP contribution in [-0.2, 0) is 6.54 Å². The van der Waals surface area contributed by atoms with Gasteiger partial charge in [0, 0.05) is 12.4 Å². The molecule has 22 heavy (non-hydrogen) atoms. The first-order chi connectivity index (χ1) is 10.7. The van der Waals surface area contributed by atoms with E-state index in [1.807, 2.05) is 30.3 Å². The molecule has 6 nitrogen and oxygen atoms in total. The average molecular weight is 296 g/mol. The van der Waals surface area contributed by atoms with Crippen molar-refractivity contribution in [3.8, 4) is 0 Å². The lowest BCUT2D eigenvalue weighted by molar-refractivity contribution is 0.201. The zero-order valence-electron chi connectivity index (χ0n) is 12.0. The van der Waals surface area contributed by atoms with E-state index in [1.165, 1.54) is 0 Å². The van der Waals surface area contributed by atoms with Gasteiger partial charge in [-0.05, 0) is 24.5 Å². The number of aromatic nitrogens is 2. The molecule has 1 amide bonds. The Kier molecular flexibility index (Phi) is 4.09. The van der Waals surface area contributed by atoms with Crippen molar-refractivity contribution in [1.29, 1.82) is 0 Å². The van der Waals surface area contributed by atoms with Crippen molar-refractivity contribution in [2.75, 3.05) is 4.90 Å². The summed E-state index contributed by atoms with van der Waals surface area (Å²) in [4.78, 5) is 25.3. The Morgan fingerprint density at radius 2 is 2.09 bits per heavy atom. The lowest BCUT2D eigenvalue weighted by Crippen LogP contribution is -2.30. The number of anilines is 1. The van der Waals surface area contributed by atoms with Gasteiger partial charge in [-0.15, -0.1) is 0 Å². The van der Waals surface area contributed by atoms with Gasteiger partial charge in [-0.2, -0.15) is 0 Å². The topological polar surface area (TPSA) is 78.7 Å². The van der Waals surface area contributed by atoms with Gasteiger partial charge < -0.3 is 5.11 Å². The monoisotopic (exact) mass is 296 g/mol. The highest BCUT2D eigenvalue weighted by molar-refractivity contribution is 5.84. The highest BCUT2D eigenvalue weighted by atomic mass is 16.4. The number of hydrogen-bond acceptors (Lipinski definition) is 4. The van der Waals surface area contributed by atoms with E-state index >= 15 is 0 Å². The van der Waals surface area contributed by atoms with Gasteiger partial charge in [0.1, 0.15) is 0 Å². The Bertz CT molecular complexity index is 684. The van der Waals surface area contributed by atoms with E-state index in [9.17, 15) is 9.90 Å². The van der Waals surface area contributed by atoms with Crippen LogP contribution in [0.1, 0.15) is 24.1 Å². The molecule has 112 valence electrons. The third-order valence-corrected chi connectivity index (χ3v) is 3.28. The van der Waals surface area contributed by atoms with E-state index in [1.54, 1.807) is 18.5 Å². The molecule has 3 rings (SSSR count). The molecule has 0 unspecified atom stereocenters. The van der Waals surface area contributed by atoms with Crippen molar-refractivity contribution >= 4 is 18.3 Å². The third kappa shape index (κ3) is 3.66. The quantitative estimate of drug-likeness (QED) is 0.860. The van der Waals surface area contributed by atoms with E-state index in [2.05, 4.69) is 15.0 Å². The summed E-state index contributed by atoms with van der Waals surface area (Å²) < 4.78 is 0. The number of carboxylic acid groups (broad SMARTS) is 1. The first-order valence-corrected chi connectivity index (χ1v) is 7.13. The molecule has 0 spiro atoms. The van der Waals surface area contributed by atoms with Gasteiger partial charge in [0.2, 0.25) is 5.95 Å². The van der Waals surface area contributed by atoms with Gasteiger partial charge in [0.25, 0.3) is 0 Å². The SMILES string of the molecule is O=C(O)N(Cc1ccccc1)c1nccc(C=NC2CC2)n1. The fourth-order valence-electron chi connectivity index (χ4n) is 1.96. The normalized spacial score (nSPS) is 14.2. The second kappa shape index (κ2) is 6.34. The molecule has 6 heteroatoms. The van der Waals surface area contributed by atoms with Crippen molar-refractivity contribution in [1.82, 2.24) is 9.97 Å². The number of rotatable bonds is 5. The second-order valence-electron chi connectivity index (χ2n) is 5.15. The molecule has 0 bridgehead atoms. The summed E-state index contributed by atoms with van der Waals surface area (Å²) in [6.45, 7) is 0.208. The van der Waals surface area contributed by atoms with Crippen molar-refractivity contribution in [2.45, 2.75) is 25.4 Å². The number of aliphatic imine (C=N–C) groups is 1. The molecule has 2 aromatic rings. The zero-order valence-corrected chi connectivity index (χ0v) is 12.0. The van der Waals surface area contributed by atoms with Crippen molar-refractivity contribution in [2.24, 2.45) is 4.99 Å². The van der Waals surface area contributed by atoms with Gasteiger partial charge in [-0.1, -0.05) is 30.3 Å². The van der Waals surface area contributed by atoms with E-state index in [4.69, 9.17) is 0 Å². The van der Waals surface area contributed by atoms with E-state index in [0.29, 0.717) is 11.7 Å². The number of carbonyl (C=O) groups is 1. The predicted molar refractivity (Wildman–Crippen MR) is 83.3 cm³/mol. The molecule has 1 fully saturated rings. The Balaban J connectivity index is 1.81. The predicted octanol–water partition coefficient (Wildman–Crippen LogP) is 2.74. The van der Waals surface area contributed by atoms with E-state index in [0.717, 1.165) is 23.3 Å². The fraction of sp³-hybridized carbons (Fsp3) is 0.250. The fourth-order valence-corrected chi connectivity index (χ4v) is 1.96. The number of nitrogens with zero attached hydrogens (tertiary/aromatic N) is 4. The maximum Gasteiger partial charge on any atom is 0.414 e. The second-order valence-corrected chi connectivity index (χ2v) is 5.15. The molecule has 0 radical (unpaired) electrons. The summed E-state index contributed by atoms with van der Waals surface area (Å²) in [5, 5.41) is 9.42. The van der Waals surface area contributed by atoms with Crippen LogP contribution in [0.3, 0.4) is 0 Å². The Hall–Kier alpha value is -2.76. The van der Waals surface area contributed by atoms with Crippen LogP contribution in [-0.4, -0.2) is 33.4 Å². The number of amides is 1. The minimum absolute atomic E-state index is 0.163. The lowest BCUT2D eigenvalue weighted by atomic mass is 10.2. The van der Waals surface area contributed by atoms with Crippen molar-refractivity contribution < 1.29 is 9.90 Å². The minimum atomic E-state index is -1.08. The Morgan fingerprint density at radius 3 is 2.77 bits per heavy atom. The van der Waals surface area contributed by atoms with Crippen LogP contribution < -0.4 is 4.90 Å². The van der Waals surface area contributed by atoms with Crippen molar-refractivity contribution in [3.63, 3.8) is 0 Å². The standard InChI is InChI=1S/C16H16N4O2/c21-16(22)20(11-12-4-2-1-3-5-12)15-17-9-8-14(19-15)10-18-13-6-7-13/h1-5,8-10,13H,6-7,11H2,(H,21,22). The van der Waals surface area contributed by atoms with Crippen LogP contribution in [0.25, 0.3) is 0 Å². The molecular weight excluding hydrogens is 280 g/mol. The maximum absolute atomic E-state index is 11.5. The summed E-state index contributed by atoms with van der Waals surface area (Å²) in [6.07, 6.45) is 4.39. The summed E-state index contributed by atoms with van der Waals surface area (Å²) in [7, 11) is 0. The summed E-state index contributed by atoms with van der Waals surface area (Å²) in [6, 6.07) is 11.5. The zero-order chi connectivity index (χ0) is 15.4. The van der Waals surface area contributed by atoms with Crippen molar-refractivity contribution in [3.05, 3.63) is 53.9 Å². The summed E-state index contributed by atoms with van der Waals surface area (Å²) in [5.74, 6) is 0.163. The van der Waals surface area contributed by atoms with Crippen LogP contribution in [0.5, 0.6) is 0 Å². The molecule has 1 heterocycles. The van der Waals surface area contributed by atoms with Crippen LogP contribution in [0.4, 0.5) is 10.7 Å². The van der Waals surface area contributed by atoms with E-state index < -0.39 is 6.09 Å². The minimum Gasteiger partial charge on any atom is -0.465 e. The maximum atomic E-state index is 11.5. The molecule has 1 saturated carbocycles. The summed E-state index contributed by atoms with van der Waals surface area (Å²) >= 11 is 0. The molecule has 1 aliphatic rings. The van der Waals surface area contributed by atoms with Gasteiger partial charge in [-0.3, -0.25) is 4.99 Å². The molecule has 1 aromatic heterocycles. The van der Waals surface area contributed by atoms with Gasteiger partial charge in [0.05, 0.1) is 18.3 Å². The van der Waals surface area contributed by atoms with E-state index in [-0.39, 0.29) is 12.5 Å². The third-order valence-electron chi connectivity index (χ3n) is 3.28. The highest BCUT2D eigenvalue weighted by Gasteiger charge is 2.20. The number of benzene rings is 1. The molecule has 1 N–H and O–H groups in total. The Morgan fingerprint density at radius 1 is 1.32 bits per heavy atom. The largest absolute Gasteiger partial charge is 0.465 e. The van der Waals surface area contributed by atoms with Gasteiger partial charge in [-0.25, -0.2) is 19.7 Å². The van der Waals surface area contributed by atoms with Crippen LogP contribution >= 0.6 is 0 Å². The van der Waals surface area contributed by atoms with Crippen LogP contribution in [0.2, 0.25) is 0 Å². The molecule has 0 aliphatic heterocycles. The summed E-state index contributed by atoms with van der Waals surface area (Å²) in [5.41, 5.74) is 1.50. The lowest BCUT2D eigenvalue weighted by Gasteiger charge is -2.17. The first kappa shape index (κ1) is 14.2. The smallest absolute Gasteiger partial charge is 0.414 e. The molecular formula is C16H16N4O2.